The molecule has 0 aromatic rings. The average Bonchev–Trinajstić information content (AvgIpc) is 3.24. The van der Waals surface area contributed by atoms with Crippen LogP contribution in [0.1, 0.15) is 304 Å². The molecule has 2 atom stereocenters. The number of hydrogen-bond donors (Lipinski definition) is 0. The van der Waals surface area contributed by atoms with Crippen molar-refractivity contribution in [2.45, 2.75) is 310 Å². The average molecular weight is 863 g/mol. The van der Waals surface area contributed by atoms with Gasteiger partial charge in [0.1, 0.15) is 13.2 Å². The van der Waals surface area contributed by atoms with Crippen LogP contribution in [-0.4, -0.2) is 37.2 Å². The molecular formula is C55H106O6. The number of rotatable bonds is 49. The van der Waals surface area contributed by atoms with E-state index in [4.69, 9.17) is 14.2 Å². The Balaban J connectivity index is 4.32. The van der Waals surface area contributed by atoms with Crippen molar-refractivity contribution in [2.75, 3.05) is 13.2 Å². The molecule has 0 rings (SSSR count). The molecule has 6 heteroatoms. The van der Waals surface area contributed by atoms with Gasteiger partial charge in [-0.3, -0.25) is 14.4 Å². The summed E-state index contributed by atoms with van der Waals surface area (Å²) < 4.78 is 16.9. The van der Waals surface area contributed by atoms with Crippen molar-refractivity contribution in [3.63, 3.8) is 0 Å². The summed E-state index contributed by atoms with van der Waals surface area (Å²) in [5, 5.41) is 0. The Morgan fingerprint density at radius 2 is 0.623 bits per heavy atom. The molecular weight excluding hydrogens is 757 g/mol. The summed E-state index contributed by atoms with van der Waals surface area (Å²) in [5.74, 6) is 0.860. The molecule has 0 aliphatic heterocycles. The van der Waals surface area contributed by atoms with Crippen LogP contribution in [0.3, 0.4) is 0 Å². The normalized spacial score (nSPS) is 12.5. The highest BCUT2D eigenvalue weighted by atomic mass is 16.6. The first-order valence-electron chi connectivity index (χ1n) is 27.3. The van der Waals surface area contributed by atoms with Gasteiger partial charge in [0.15, 0.2) is 6.10 Å². The van der Waals surface area contributed by atoms with Gasteiger partial charge in [-0.15, -0.1) is 0 Å². The number of carbonyl (C=O) groups is 3. The van der Waals surface area contributed by atoms with Crippen LogP contribution in [-0.2, 0) is 28.6 Å². The fraction of sp³-hybridized carbons (Fsp3) is 0.945. The van der Waals surface area contributed by atoms with Crippen molar-refractivity contribution >= 4 is 17.9 Å². The van der Waals surface area contributed by atoms with E-state index in [-0.39, 0.29) is 31.1 Å². The quantitative estimate of drug-likeness (QED) is 0.0344. The smallest absolute Gasteiger partial charge is 0.306 e. The maximum Gasteiger partial charge on any atom is 0.306 e. The van der Waals surface area contributed by atoms with Crippen molar-refractivity contribution in [3.8, 4) is 0 Å². The molecule has 0 fully saturated rings. The van der Waals surface area contributed by atoms with Gasteiger partial charge in [-0.2, -0.15) is 0 Å². The number of ether oxygens (including phenoxy) is 3. The minimum absolute atomic E-state index is 0.0633. The molecule has 0 aliphatic carbocycles. The van der Waals surface area contributed by atoms with E-state index < -0.39 is 6.10 Å². The fourth-order valence-corrected chi connectivity index (χ4v) is 8.31. The lowest BCUT2D eigenvalue weighted by Crippen LogP contribution is -2.30. The number of hydrogen-bond acceptors (Lipinski definition) is 6. The lowest BCUT2D eigenvalue weighted by molar-refractivity contribution is -0.167. The summed E-state index contributed by atoms with van der Waals surface area (Å²) in [6.45, 7) is 11.4. The number of unbranched alkanes of at least 4 members (excludes halogenated alkanes) is 33. The molecule has 362 valence electrons. The van der Waals surface area contributed by atoms with E-state index in [1.54, 1.807) is 0 Å². The zero-order valence-electron chi connectivity index (χ0n) is 41.8. The van der Waals surface area contributed by atoms with Gasteiger partial charge in [-0.05, 0) is 31.1 Å². The minimum Gasteiger partial charge on any atom is -0.462 e. The van der Waals surface area contributed by atoms with E-state index in [2.05, 4.69) is 34.6 Å². The molecule has 0 amide bonds. The highest BCUT2D eigenvalue weighted by Crippen LogP contribution is 2.18. The van der Waals surface area contributed by atoms with Gasteiger partial charge in [-0.1, -0.05) is 266 Å². The van der Waals surface area contributed by atoms with Crippen LogP contribution < -0.4 is 0 Å². The molecule has 0 aromatic heterocycles. The second-order valence-electron chi connectivity index (χ2n) is 19.6. The highest BCUT2D eigenvalue weighted by molar-refractivity contribution is 5.71. The van der Waals surface area contributed by atoms with E-state index in [0.29, 0.717) is 19.3 Å². The van der Waals surface area contributed by atoms with Crippen molar-refractivity contribution in [1.29, 1.82) is 0 Å². The lowest BCUT2D eigenvalue weighted by atomic mass is 9.99. The monoisotopic (exact) mass is 863 g/mol. The van der Waals surface area contributed by atoms with Gasteiger partial charge in [0.25, 0.3) is 0 Å². The molecule has 6 nitrogen and oxygen atoms in total. The molecule has 1 unspecified atom stereocenters. The van der Waals surface area contributed by atoms with E-state index in [1.807, 2.05) is 0 Å². The Bertz CT molecular complexity index is 933. The topological polar surface area (TPSA) is 78.9 Å². The Kier molecular flexibility index (Phi) is 46.6. The van der Waals surface area contributed by atoms with Crippen LogP contribution in [0.25, 0.3) is 0 Å². The second-order valence-corrected chi connectivity index (χ2v) is 19.6. The molecule has 0 saturated carbocycles. The largest absolute Gasteiger partial charge is 0.462 e. The Hall–Kier alpha value is -1.59. The first-order chi connectivity index (χ1) is 29.8. The third-order valence-corrected chi connectivity index (χ3v) is 12.8. The Morgan fingerprint density at radius 3 is 0.934 bits per heavy atom. The van der Waals surface area contributed by atoms with Crippen LogP contribution in [0.15, 0.2) is 0 Å². The molecule has 0 saturated heterocycles. The lowest BCUT2D eigenvalue weighted by Gasteiger charge is -2.18. The van der Waals surface area contributed by atoms with Gasteiger partial charge in [0, 0.05) is 19.3 Å². The first-order valence-corrected chi connectivity index (χ1v) is 27.3. The van der Waals surface area contributed by atoms with E-state index >= 15 is 0 Å². The van der Waals surface area contributed by atoms with Crippen LogP contribution in [0.5, 0.6) is 0 Å². The maximum absolute atomic E-state index is 12.8. The fourth-order valence-electron chi connectivity index (χ4n) is 8.31. The standard InChI is InChI=1S/C55H106O6/c1-6-8-9-10-11-12-13-14-15-20-27-32-37-42-47-55(58)61-52(49-60-54(57)46-41-36-31-26-22-21-24-29-34-39-44-51(5)7-2)48-59-53(56)45-40-35-30-25-19-17-16-18-23-28-33-38-43-50(3)4/h50-52H,6-49H2,1-5H3/t51?,52-/m1/s1. The summed E-state index contributed by atoms with van der Waals surface area (Å²) in [4.78, 5) is 38.0. The van der Waals surface area contributed by atoms with E-state index in [1.165, 1.54) is 193 Å². The van der Waals surface area contributed by atoms with Gasteiger partial charge < -0.3 is 14.2 Å². The summed E-state index contributed by atoms with van der Waals surface area (Å²) in [7, 11) is 0. The van der Waals surface area contributed by atoms with Crippen molar-refractivity contribution < 1.29 is 28.6 Å². The molecule has 0 aliphatic rings. The van der Waals surface area contributed by atoms with Crippen LogP contribution in [0, 0.1) is 11.8 Å². The van der Waals surface area contributed by atoms with Gasteiger partial charge in [-0.25, -0.2) is 0 Å². The summed E-state index contributed by atoms with van der Waals surface area (Å²) >= 11 is 0. The van der Waals surface area contributed by atoms with Crippen molar-refractivity contribution in [3.05, 3.63) is 0 Å². The molecule has 0 spiro atoms. The summed E-state index contributed by atoms with van der Waals surface area (Å²) in [6, 6.07) is 0. The minimum atomic E-state index is -0.762. The predicted molar refractivity (Wildman–Crippen MR) is 261 cm³/mol. The zero-order valence-corrected chi connectivity index (χ0v) is 41.8. The Morgan fingerprint density at radius 1 is 0.344 bits per heavy atom. The van der Waals surface area contributed by atoms with Crippen LogP contribution in [0.2, 0.25) is 0 Å². The SMILES string of the molecule is CCCCCCCCCCCCCCCCC(=O)O[C@H](COC(=O)CCCCCCCCCCCCCCC(C)C)COC(=O)CCCCCCCCCCCCC(C)CC. The highest BCUT2D eigenvalue weighted by Gasteiger charge is 2.19. The third-order valence-electron chi connectivity index (χ3n) is 12.8. The maximum atomic E-state index is 12.8. The summed E-state index contributed by atoms with van der Waals surface area (Å²) in [6.07, 6.45) is 49.3. The van der Waals surface area contributed by atoms with Crippen LogP contribution >= 0.6 is 0 Å². The van der Waals surface area contributed by atoms with E-state index in [0.717, 1.165) is 69.6 Å². The van der Waals surface area contributed by atoms with E-state index in [9.17, 15) is 14.4 Å². The molecule has 0 radical (unpaired) electrons. The van der Waals surface area contributed by atoms with Gasteiger partial charge in [0.05, 0.1) is 0 Å². The second kappa shape index (κ2) is 47.9. The van der Waals surface area contributed by atoms with Gasteiger partial charge in [0.2, 0.25) is 0 Å². The predicted octanol–water partition coefficient (Wildman–Crippen LogP) is 17.7. The molecule has 0 bridgehead atoms. The van der Waals surface area contributed by atoms with Gasteiger partial charge >= 0.3 is 17.9 Å². The molecule has 0 N–H and O–H groups in total. The first kappa shape index (κ1) is 59.4. The third kappa shape index (κ3) is 47.7. The zero-order chi connectivity index (χ0) is 44.7. The van der Waals surface area contributed by atoms with Crippen molar-refractivity contribution in [2.24, 2.45) is 11.8 Å². The number of carbonyl (C=O) groups excluding carboxylic acids is 3. The number of esters is 3. The van der Waals surface area contributed by atoms with Crippen LogP contribution in [0.4, 0.5) is 0 Å². The molecule has 0 aromatic carbocycles. The van der Waals surface area contributed by atoms with Crippen molar-refractivity contribution in [1.82, 2.24) is 0 Å². The molecule has 0 heterocycles. The summed E-state index contributed by atoms with van der Waals surface area (Å²) in [5.41, 5.74) is 0. The Labute approximate surface area is 380 Å². The molecule has 61 heavy (non-hydrogen) atoms.